The maximum atomic E-state index is 11.7. The predicted molar refractivity (Wildman–Crippen MR) is 83.3 cm³/mol. The standard InChI is InChI=1S/C15H11N5O4/c1-7-3-8(4-11-12(7)23-15(22)20(11)2)9-5-10(17-6-16-9)13-18-14(21)24-19-13/h3-6H,1-2H3,(H,18,19,21). The van der Waals surface area contributed by atoms with Crippen LogP contribution < -0.4 is 11.5 Å². The predicted octanol–water partition coefficient (Wildman–Crippen LogP) is 1.24. The van der Waals surface area contributed by atoms with Crippen molar-refractivity contribution in [2.24, 2.45) is 7.05 Å². The molecule has 0 saturated carbocycles. The molecule has 0 aliphatic rings. The Balaban J connectivity index is 1.90. The summed E-state index contributed by atoms with van der Waals surface area (Å²) in [6, 6.07) is 5.35. The third-order valence-electron chi connectivity index (χ3n) is 3.73. The van der Waals surface area contributed by atoms with Gasteiger partial charge in [0.2, 0.25) is 5.82 Å². The van der Waals surface area contributed by atoms with Gasteiger partial charge in [0.05, 0.1) is 11.2 Å². The maximum Gasteiger partial charge on any atom is 0.439 e. The summed E-state index contributed by atoms with van der Waals surface area (Å²) < 4.78 is 11.2. The fourth-order valence-electron chi connectivity index (χ4n) is 2.52. The molecule has 0 amide bonds. The number of nitrogens with one attached hydrogen (secondary N) is 1. The average Bonchev–Trinajstić information content (AvgIpc) is 3.13. The van der Waals surface area contributed by atoms with Gasteiger partial charge in [-0.25, -0.2) is 19.6 Å². The molecule has 0 unspecified atom stereocenters. The number of rotatable bonds is 2. The number of aryl methyl sites for hydroxylation is 2. The molecule has 24 heavy (non-hydrogen) atoms. The van der Waals surface area contributed by atoms with E-state index < -0.39 is 11.5 Å². The highest BCUT2D eigenvalue weighted by Crippen LogP contribution is 2.26. The van der Waals surface area contributed by atoms with Crippen molar-refractivity contribution < 1.29 is 8.94 Å². The number of benzene rings is 1. The van der Waals surface area contributed by atoms with Crippen LogP contribution in [-0.2, 0) is 7.05 Å². The fourth-order valence-corrected chi connectivity index (χ4v) is 2.52. The molecule has 0 aliphatic heterocycles. The van der Waals surface area contributed by atoms with E-state index in [1.165, 1.54) is 10.9 Å². The van der Waals surface area contributed by atoms with Crippen LogP contribution in [0.1, 0.15) is 5.56 Å². The quantitative estimate of drug-likeness (QED) is 0.588. The lowest BCUT2D eigenvalue weighted by Gasteiger charge is -2.04. The van der Waals surface area contributed by atoms with Crippen molar-refractivity contribution in [3.05, 3.63) is 51.2 Å². The van der Waals surface area contributed by atoms with Gasteiger partial charge in [-0.1, -0.05) is 5.16 Å². The Bertz CT molecular complexity index is 1180. The molecule has 3 heterocycles. The minimum absolute atomic E-state index is 0.220. The summed E-state index contributed by atoms with van der Waals surface area (Å²) in [6.45, 7) is 1.85. The molecule has 0 radical (unpaired) electrons. The van der Waals surface area contributed by atoms with Crippen molar-refractivity contribution in [3.8, 4) is 22.8 Å². The highest BCUT2D eigenvalue weighted by molar-refractivity contribution is 5.83. The molecular formula is C15H11N5O4. The van der Waals surface area contributed by atoms with Crippen molar-refractivity contribution in [2.75, 3.05) is 0 Å². The minimum Gasteiger partial charge on any atom is -0.407 e. The van der Waals surface area contributed by atoms with Gasteiger partial charge in [-0.15, -0.1) is 0 Å². The number of H-pyrrole nitrogens is 1. The van der Waals surface area contributed by atoms with Gasteiger partial charge < -0.3 is 4.42 Å². The molecule has 4 rings (SSSR count). The van der Waals surface area contributed by atoms with Crippen LogP contribution in [-0.4, -0.2) is 24.7 Å². The summed E-state index contributed by atoms with van der Waals surface area (Å²) in [6.07, 6.45) is 1.37. The van der Waals surface area contributed by atoms with E-state index in [1.54, 1.807) is 13.1 Å². The molecule has 4 aromatic rings. The van der Waals surface area contributed by atoms with E-state index in [0.717, 1.165) is 11.1 Å². The van der Waals surface area contributed by atoms with E-state index in [4.69, 9.17) is 4.42 Å². The van der Waals surface area contributed by atoms with Gasteiger partial charge in [0.1, 0.15) is 12.0 Å². The summed E-state index contributed by atoms with van der Waals surface area (Å²) in [4.78, 5) is 33.5. The van der Waals surface area contributed by atoms with Crippen LogP contribution in [0.3, 0.4) is 0 Å². The Hall–Kier alpha value is -3.49. The van der Waals surface area contributed by atoms with Crippen molar-refractivity contribution in [2.45, 2.75) is 6.92 Å². The Morgan fingerprint density at radius 3 is 2.67 bits per heavy atom. The zero-order valence-corrected chi connectivity index (χ0v) is 12.7. The molecule has 0 spiro atoms. The summed E-state index contributed by atoms with van der Waals surface area (Å²) >= 11 is 0. The van der Waals surface area contributed by atoms with Gasteiger partial charge in [-0.05, 0) is 30.7 Å². The first-order valence-electron chi connectivity index (χ1n) is 7.02. The first kappa shape index (κ1) is 14.1. The molecule has 0 aliphatic carbocycles. The highest BCUT2D eigenvalue weighted by atomic mass is 16.5. The third-order valence-corrected chi connectivity index (χ3v) is 3.73. The second kappa shape index (κ2) is 5.01. The molecule has 9 nitrogen and oxygen atoms in total. The number of fused-ring (bicyclic) bond motifs is 1. The Morgan fingerprint density at radius 2 is 1.92 bits per heavy atom. The van der Waals surface area contributed by atoms with Gasteiger partial charge in [0.25, 0.3) is 0 Å². The molecule has 0 fully saturated rings. The first-order valence-corrected chi connectivity index (χ1v) is 7.02. The Labute approximate surface area is 133 Å². The number of nitrogens with zero attached hydrogens (tertiary/aromatic N) is 4. The van der Waals surface area contributed by atoms with Gasteiger partial charge in [-0.3, -0.25) is 14.1 Å². The van der Waals surface area contributed by atoms with Crippen molar-refractivity contribution in [1.82, 2.24) is 24.7 Å². The summed E-state index contributed by atoms with van der Waals surface area (Å²) in [7, 11) is 1.64. The van der Waals surface area contributed by atoms with E-state index in [2.05, 4.69) is 24.6 Å². The Morgan fingerprint density at radius 1 is 1.12 bits per heavy atom. The molecule has 1 aromatic carbocycles. The van der Waals surface area contributed by atoms with E-state index in [1.807, 2.05) is 19.1 Å². The lowest BCUT2D eigenvalue weighted by atomic mass is 10.1. The second-order valence-electron chi connectivity index (χ2n) is 5.30. The lowest BCUT2D eigenvalue weighted by Crippen LogP contribution is -2.08. The van der Waals surface area contributed by atoms with Gasteiger partial charge in [0, 0.05) is 12.6 Å². The smallest absolute Gasteiger partial charge is 0.407 e. The maximum absolute atomic E-state index is 11.7. The minimum atomic E-state index is -0.657. The van der Waals surface area contributed by atoms with Crippen LogP contribution in [0.25, 0.3) is 33.9 Å². The van der Waals surface area contributed by atoms with E-state index in [0.29, 0.717) is 22.5 Å². The van der Waals surface area contributed by atoms with E-state index in [-0.39, 0.29) is 5.82 Å². The van der Waals surface area contributed by atoms with Gasteiger partial charge in [-0.2, -0.15) is 0 Å². The summed E-state index contributed by atoms with van der Waals surface area (Å²) in [5.74, 6) is -0.859. The lowest BCUT2D eigenvalue weighted by molar-refractivity contribution is 0.387. The number of oxazole rings is 1. The molecule has 9 heteroatoms. The van der Waals surface area contributed by atoms with E-state index >= 15 is 0 Å². The molecule has 0 saturated heterocycles. The molecule has 120 valence electrons. The van der Waals surface area contributed by atoms with Crippen LogP contribution >= 0.6 is 0 Å². The van der Waals surface area contributed by atoms with Crippen LogP contribution in [0.5, 0.6) is 0 Å². The third kappa shape index (κ3) is 2.14. The van der Waals surface area contributed by atoms with Crippen LogP contribution in [0, 0.1) is 6.92 Å². The number of aromatic amines is 1. The number of hydrogen-bond acceptors (Lipinski definition) is 7. The van der Waals surface area contributed by atoms with Crippen LogP contribution in [0.15, 0.2) is 43.1 Å². The Kier molecular flexibility index (Phi) is 2.95. The molecule has 3 aromatic heterocycles. The van der Waals surface area contributed by atoms with Crippen LogP contribution in [0.4, 0.5) is 0 Å². The summed E-state index contributed by atoms with van der Waals surface area (Å²) in [5, 5.41) is 3.61. The van der Waals surface area contributed by atoms with Crippen molar-refractivity contribution >= 4 is 11.1 Å². The SMILES string of the molecule is Cc1cc(-c2cc(-c3noc(=O)[nH]3)ncn2)cc2c1oc(=O)n2C. The van der Waals surface area contributed by atoms with Crippen molar-refractivity contribution in [1.29, 1.82) is 0 Å². The van der Waals surface area contributed by atoms with E-state index in [9.17, 15) is 9.59 Å². The fraction of sp³-hybridized carbons (Fsp3) is 0.133. The largest absolute Gasteiger partial charge is 0.439 e. The monoisotopic (exact) mass is 325 g/mol. The topological polar surface area (TPSA) is 120 Å². The molecule has 0 bridgehead atoms. The molecular weight excluding hydrogens is 314 g/mol. The number of hydrogen-bond donors (Lipinski definition) is 1. The highest BCUT2D eigenvalue weighted by Gasteiger charge is 2.13. The zero-order chi connectivity index (χ0) is 16.8. The van der Waals surface area contributed by atoms with Gasteiger partial charge >= 0.3 is 11.5 Å². The van der Waals surface area contributed by atoms with Crippen molar-refractivity contribution in [3.63, 3.8) is 0 Å². The summed E-state index contributed by atoms with van der Waals surface area (Å²) in [5.41, 5.74) is 3.85. The normalized spacial score (nSPS) is 11.2. The average molecular weight is 325 g/mol. The van der Waals surface area contributed by atoms with Crippen LogP contribution in [0.2, 0.25) is 0 Å². The molecule has 0 atom stereocenters. The molecule has 1 N–H and O–H groups in total. The van der Waals surface area contributed by atoms with Gasteiger partial charge in [0.15, 0.2) is 5.58 Å². The zero-order valence-electron chi connectivity index (χ0n) is 12.7. The number of aromatic nitrogens is 5. The first-order chi connectivity index (χ1) is 11.5. The second-order valence-corrected chi connectivity index (χ2v) is 5.30.